The number of aliphatic hydroxyl groups is 2. The van der Waals surface area contributed by atoms with Gasteiger partial charge in [-0.3, -0.25) is 0 Å². The molecule has 0 unspecified atom stereocenters. The standard InChI is InChI=1S/C11H12BrN3O3/c12-8-3-15(10-7(8)2-13-5-14-10)11-9(17)1-6(4-16)18-11/h2-3,5-6,9,11,16-17H,1,4H2/t6-,9+,11+/m0/s1. The van der Waals surface area contributed by atoms with Gasteiger partial charge in [-0.05, 0) is 15.9 Å². The predicted molar refractivity (Wildman–Crippen MR) is 66.8 cm³/mol. The van der Waals surface area contributed by atoms with Crippen LogP contribution in [0.3, 0.4) is 0 Å². The van der Waals surface area contributed by atoms with Crippen molar-refractivity contribution in [3.63, 3.8) is 0 Å². The van der Waals surface area contributed by atoms with Crippen molar-refractivity contribution in [2.45, 2.75) is 24.9 Å². The third-order valence-electron chi connectivity index (χ3n) is 3.09. The molecule has 2 N–H and O–H groups in total. The fourth-order valence-corrected chi connectivity index (χ4v) is 2.74. The van der Waals surface area contributed by atoms with E-state index in [9.17, 15) is 5.11 Å². The van der Waals surface area contributed by atoms with E-state index in [0.29, 0.717) is 12.1 Å². The van der Waals surface area contributed by atoms with E-state index in [1.54, 1.807) is 10.8 Å². The molecule has 2 aromatic rings. The van der Waals surface area contributed by atoms with E-state index in [1.165, 1.54) is 6.33 Å². The van der Waals surface area contributed by atoms with Gasteiger partial charge < -0.3 is 19.5 Å². The Hall–Kier alpha value is -1.02. The third-order valence-corrected chi connectivity index (χ3v) is 3.72. The second-order valence-electron chi connectivity index (χ2n) is 4.28. The number of nitrogens with zero attached hydrogens (tertiary/aromatic N) is 3. The van der Waals surface area contributed by atoms with E-state index in [1.807, 2.05) is 6.20 Å². The monoisotopic (exact) mass is 313 g/mol. The van der Waals surface area contributed by atoms with Crippen LogP contribution in [0.15, 0.2) is 23.2 Å². The Morgan fingerprint density at radius 1 is 1.56 bits per heavy atom. The van der Waals surface area contributed by atoms with Crippen molar-refractivity contribution in [2.75, 3.05) is 6.61 Å². The van der Waals surface area contributed by atoms with Gasteiger partial charge in [-0.25, -0.2) is 9.97 Å². The van der Waals surface area contributed by atoms with Gasteiger partial charge in [0.2, 0.25) is 0 Å². The number of hydrogen-bond acceptors (Lipinski definition) is 5. The number of ether oxygens (including phenoxy) is 1. The van der Waals surface area contributed by atoms with Crippen molar-refractivity contribution in [3.05, 3.63) is 23.2 Å². The minimum Gasteiger partial charge on any atom is -0.394 e. The lowest BCUT2D eigenvalue weighted by molar-refractivity contribution is -0.0484. The Morgan fingerprint density at radius 2 is 2.39 bits per heavy atom. The quantitative estimate of drug-likeness (QED) is 0.858. The molecule has 3 heterocycles. The molecule has 0 radical (unpaired) electrons. The van der Waals surface area contributed by atoms with Gasteiger partial charge in [0.15, 0.2) is 6.23 Å². The zero-order valence-electron chi connectivity index (χ0n) is 9.40. The molecule has 18 heavy (non-hydrogen) atoms. The van der Waals surface area contributed by atoms with Crippen LogP contribution in [-0.2, 0) is 4.74 Å². The number of rotatable bonds is 2. The molecule has 2 aromatic heterocycles. The van der Waals surface area contributed by atoms with E-state index >= 15 is 0 Å². The number of fused-ring (bicyclic) bond motifs is 1. The summed E-state index contributed by atoms with van der Waals surface area (Å²) in [5.41, 5.74) is 0.694. The Bertz CT molecular complexity index is 574. The third kappa shape index (κ3) is 1.83. The van der Waals surface area contributed by atoms with Gasteiger partial charge in [0.05, 0.1) is 18.1 Å². The average molecular weight is 314 g/mol. The second-order valence-corrected chi connectivity index (χ2v) is 5.13. The van der Waals surface area contributed by atoms with Crippen molar-refractivity contribution >= 4 is 27.0 Å². The summed E-state index contributed by atoms with van der Waals surface area (Å²) < 4.78 is 8.23. The molecule has 7 heteroatoms. The van der Waals surface area contributed by atoms with Crippen LogP contribution in [-0.4, -0.2) is 43.6 Å². The highest BCUT2D eigenvalue weighted by Gasteiger charge is 2.35. The van der Waals surface area contributed by atoms with Crippen molar-refractivity contribution in [1.29, 1.82) is 0 Å². The Balaban J connectivity index is 2.04. The van der Waals surface area contributed by atoms with Crippen molar-refractivity contribution < 1.29 is 14.9 Å². The second kappa shape index (κ2) is 4.58. The van der Waals surface area contributed by atoms with Gasteiger partial charge in [0.1, 0.15) is 18.1 Å². The van der Waals surface area contributed by atoms with Crippen LogP contribution < -0.4 is 0 Å². The fraction of sp³-hybridized carbons (Fsp3) is 0.455. The molecule has 1 fully saturated rings. The predicted octanol–water partition coefficient (Wildman–Crippen LogP) is 0.834. The highest BCUT2D eigenvalue weighted by molar-refractivity contribution is 9.10. The lowest BCUT2D eigenvalue weighted by atomic mass is 10.2. The van der Waals surface area contributed by atoms with E-state index in [-0.39, 0.29) is 12.7 Å². The van der Waals surface area contributed by atoms with Crippen LogP contribution in [0.1, 0.15) is 12.6 Å². The van der Waals surface area contributed by atoms with Gasteiger partial charge in [0.25, 0.3) is 0 Å². The van der Waals surface area contributed by atoms with E-state index in [4.69, 9.17) is 9.84 Å². The van der Waals surface area contributed by atoms with Gasteiger partial charge in [-0.2, -0.15) is 0 Å². The molecule has 0 bridgehead atoms. The number of hydrogen-bond donors (Lipinski definition) is 2. The van der Waals surface area contributed by atoms with Crippen molar-refractivity contribution in [3.8, 4) is 0 Å². The first-order valence-electron chi connectivity index (χ1n) is 5.61. The maximum absolute atomic E-state index is 10.00. The largest absolute Gasteiger partial charge is 0.394 e. The maximum atomic E-state index is 10.00. The summed E-state index contributed by atoms with van der Waals surface area (Å²) in [7, 11) is 0. The zero-order valence-corrected chi connectivity index (χ0v) is 11.0. The molecule has 1 aliphatic heterocycles. The lowest BCUT2D eigenvalue weighted by Crippen LogP contribution is -2.19. The van der Waals surface area contributed by atoms with Gasteiger partial charge in [0, 0.05) is 23.3 Å². The SMILES string of the molecule is OC[C@@H]1C[C@@H](O)[C@H](n2cc(Br)c3cncnc32)O1. The fourth-order valence-electron chi connectivity index (χ4n) is 2.24. The summed E-state index contributed by atoms with van der Waals surface area (Å²) in [5.74, 6) is 0. The van der Waals surface area contributed by atoms with Crippen LogP contribution in [0.2, 0.25) is 0 Å². The molecule has 3 rings (SSSR count). The average Bonchev–Trinajstić information content (AvgIpc) is 2.91. The first-order valence-corrected chi connectivity index (χ1v) is 6.40. The van der Waals surface area contributed by atoms with Gasteiger partial charge in [-0.15, -0.1) is 0 Å². The minimum absolute atomic E-state index is 0.0943. The van der Waals surface area contributed by atoms with E-state index in [0.717, 1.165) is 9.86 Å². The highest BCUT2D eigenvalue weighted by atomic mass is 79.9. The van der Waals surface area contributed by atoms with E-state index < -0.39 is 12.3 Å². The molecule has 0 saturated carbocycles. The maximum Gasteiger partial charge on any atom is 0.161 e. The summed E-state index contributed by atoms with van der Waals surface area (Å²) in [6.07, 6.45) is 3.88. The van der Waals surface area contributed by atoms with Crippen LogP contribution >= 0.6 is 15.9 Å². The molecule has 3 atom stereocenters. The Labute approximate surface area is 111 Å². The minimum atomic E-state index is -0.653. The summed E-state index contributed by atoms with van der Waals surface area (Å²) in [4.78, 5) is 8.17. The van der Waals surface area contributed by atoms with E-state index in [2.05, 4.69) is 25.9 Å². The molecule has 0 spiro atoms. The van der Waals surface area contributed by atoms with Gasteiger partial charge in [-0.1, -0.05) is 0 Å². The molecular formula is C11H12BrN3O3. The van der Waals surface area contributed by atoms with Gasteiger partial charge >= 0.3 is 0 Å². The first kappa shape index (κ1) is 12.0. The lowest BCUT2D eigenvalue weighted by Gasteiger charge is -2.16. The molecule has 0 aromatic carbocycles. The summed E-state index contributed by atoms with van der Waals surface area (Å²) >= 11 is 3.43. The van der Waals surface area contributed by atoms with Crippen LogP contribution in [0.4, 0.5) is 0 Å². The Morgan fingerprint density at radius 3 is 3.11 bits per heavy atom. The molecular weight excluding hydrogens is 302 g/mol. The highest BCUT2D eigenvalue weighted by Crippen LogP contribution is 2.34. The summed E-state index contributed by atoms with van der Waals surface area (Å²) in [6, 6.07) is 0. The first-order chi connectivity index (χ1) is 8.70. The van der Waals surface area contributed by atoms with Crippen LogP contribution in [0.25, 0.3) is 11.0 Å². The molecule has 1 aliphatic rings. The zero-order chi connectivity index (χ0) is 12.7. The Kier molecular flexibility index (Phi) is 3.06. The van der Waals surface area contributed by atoms with Crippen molar-refractivity contribution in [2.24, 2.45) is 0 Å². The molecule has 96 valence electrons. The molecule has 0 amide bonds. The van der Waals surface area contributed by atoms with Crippen molar-refractivity contribution in [1.82, 2.24) is 14.5 Å². The smallest absolute Gasteiger partial charge is 0.161 e. The molecule has 1 saturated heterocycles. The topological polar surface area (TPSA) is 80.4 Å². The molecule has 0 aliphatic carbocycles. The summed E-state index contributed by atoms with van der Waals surface area (Å²) in [5, 5.41) is 19.9. The number of aliphatic hydroxyl groups excluding tert-OH is 2. The normalized spacial score (nSPS) is 28.1. The van der Waals surface area contributed by atoms with Crippen LogP contribution in [0.5, 0.6) is 0 Å². The number of halogens is 1. The summed E-state index contributed by atoms with van der Waals surface area (Å²) in [6.45, 7) is -0.0943. The number of aromatic nitrogens is 3. The molecule has 6 nitrogen and oxygen atoms in total. The van der Waals surface area contributed by atoms with Crippen LogP contribution in [0, 0.1) is 0 Å².